The van der Waals surface area contributed by atoms with Crippen molar-refractivity contribution < 1.29 is 4.79 Å². The molecule has 0 aromatic heterocycles. The molecule has 1 amide bonds. The molecule has 0 saturated heterocycles. The van der Waals surface area contributed by atoms with Crippen LogP contribution in [0.5, 0.6) is 0 Å². The van der Waals surface area contributed by atoms with Crippen LogP contribution in [0.2, 0.25) is 5.02 Å². The first kappa shape index (κ1) is 15.1. The van der Waals surface area contributed by atoms with Crippen LogP contribution in [0.1, 0.15) is 21.5 Å². The van der Waals surface area contributed by atoms with Crippen molar-refractivity contribution in [1.82, 2.24) is 0 Å². The Morgan fingerprint density at radius 3 is 2.60 bits per heavy atom. The zero-order valence-electron chi connectivity index (χ0n) is 11.1. The SMILES string of the molecule is Cc1cc(C)c(NC(=O)c2cc(Cl)ccc2I)cc1N. The number of hydrogen-bond acceptors (Lipinski definition) is 2. The number of nitrogen functional groups attached to an aromatic ring is 1. The third-order valence-corrected chi connectivity index (χ3v) is 4.21. The minimum absolute atomic E-state index is 0.191. The fraction of sp³-hybridized carbons (Fsp3) is 0.133. The Kier molecular flexibility index (Phi) is 4.55. The number of benzene rings is 2. The molecule has 0 aliphatic carbocycles. The molecule has 2 rings (SSSR count). The van der Waals surface area contributed by atoms with E-state index in [0.717, 1.165) is 14.7 Å². The average Bonchev–Trinajstić information content (AvgIpc) is 2.38. The third-order valence-electron chi connectivity index (χ3n) is 3.03. The number of aryl methyl sites for hydroxylation is 2. The van der Waals surface area contributed by atoms with Gasteiger partial charge in [-0.15, -0.1) is 0 Å². The van der Waals surface area contributed by atoms with Gasteiger partial charge in [-0.2, -0.15) is 0 Å². The van der Waals surface area contributed by atoms with Gasteiger partial charge in [0, 0.05) is 20.0 Å². The molecule has 0 atom stereocenters. The summed E-state index contributed by atoms with van der Waals surface area (Å²) in [4.78, 5) is 12.3. The Balaban J connectivity index is 2.32. The molecule has 2 aromatic carbocycles. The summed E-state index contributed by atoms with van der Waals surface area (Å²) >= 11 is 8.05. The fourth-order valence-corrected chi connectivity index (χ4v) is 2.62. The standard InChI is InChI=1S/C15H14ClIN2O/c1-8-5-9(2)14(7-13(8)18)19-15(20)11-6-10(16)3-4-12(11)17/h3-7H,18H2,1-2H3,(H,19,20). The Bertz CT molecular complexity index is 686. The maximum absolute atomic E-state index is 12.3. The number of hydrogen-bond donors (Lipinski definition) is 2. The van der Waals surface area contributed by atoms with Crippen molar-refractivity contribution in [2.75, 3.05) is 11.1 Å². The molecule has 0 spiro atoms. The molecule has 20 heavy (non-hydrogen) atoms. The first-order valence-electron chi connectivity index (χ1n) is 6.01. The fourth-order valence-electron chi connectivity index (χ4n) is 1.86. The summed E-state index contributed by atoms with van der Waals surface area (Å²) in [7, 11) is 0. The topological polar surface area (TPSA) is 55.1 Å². The van der Waals surface area contributed by atoms with Crippen LogP contribution in [0.3, 0.4) is 0 Å². The molecule has 0 fully saturated rings. The Hall–Kier alpha value is -1.27. The van der Waals surface area contributed by atoms with Gasteiger partial charge in [0.1, 0.15) is 0 Å². The first-order valence-corrected chi connectivity index (χ1v) is 7.47. The van der Waals surface area contributed by atoms with Crippen LogP contribution in [-0.4, -0.2) is 5.91 Å². The summed E-state index contributed by atoms with van der Waals surface area (Å²) in [5, 5.41) is 3.42. The Morgan fingerprint density at radius 1 is 1.20 bits per heavy atom. The zero-order valence-corrected chi connectivity index (χ0v) is 14.0. The molecule has 0 heterocycles. The summed E-state index contributed by atoms with van der Waals surface area (Å²) in [6.07, 6.45) is 0. The summed E-state index contributed by atoms with van der Waals surface area (Å²) in [6, 6.07) is 8.96. The molecule has 3 N–H and O–H groups in total. The maximum Gasteiger partial charge on any atom is 0.256 e. The molecule has 3 nitrogen and oxygen atoms in total. The zero-order chi connectivity index (χ0) is 14.9. The quantitative estimate of drug-likeness (QED) is 0.580. The average molecular weight is 401 g/mol. The van der Waals surface area contributed by atoms with Gasteiger partial charge in [-0.05, 0) is 71.8 Å². The molecular formula is C15H14ClIN2O. The highest BCUT2D eigenvalue weighted by Crippen LogP contribution is 2.24. The van der Waals surface area contributed by atoms with Crippen molar-refractivity contribution in [3.8, 4) is 0 Å². The second-order valence-corrected chi connectivity index (χ2v) is 6.20. The van der Waals surface area contributed by atoms with Crippen LogP contribution in [-0.2, 0) is 0 Å². The van der Waals surface area contributed by atoms with E-state index in [-0.39, 0.29) is 5.91 Å². The van der Waals surface area contributed by atoms with E-state index in [4.69, 9.17) is 17.3 Å². The number of carbonyl (C=O) groups excluding carboxylic acids is 1. The van der Waals surface area contributed by atoms with Crippen LogP contribution >= 0.6 is 34.2 Å². The molecule has 0 aliphatic rings. The molecule has 0 radical (unpaired) electrons. The van der Waals surface area contributed by atoms with Crippen molar-refractivity contribution in [3.63, 3.8) is 0 Å². The number of halogens is 2. The summed E-state index contributed by atoms with van der Waals surface area (Å²) < 4.78 is 0.849. The monoisotopic (exact) mass is 400 g/mol. The van der Waals surface area contributed by atoms with Gasteiger partial charge in [0.05, 0.1) is 5.56 Å². The number of amides is 1. The van der Waals surface area contributed by atoms with E-state index >= 15 is 0 Å². The number of anilines is 2. The minimum Gasteiger partial charge on any atom is -0.398 e. The van der Waals surface area contributed by atoms with E-state index in [1.807, 2.05) is 26.0 Å². The van der Waals surface area contributed by atoms with Gasteiger partial charge < -0.3 is 11.1 Å². The molecule has 104 valence electrons. The van der Waals surface area contributed by atoms with Crippen molar-refractivity contribution in [2.45, 2.75) is 13.8 Å². The molecule has 0 bridgehead atoms. The van der Waals surface area contributed by atoms with E-state index in [1.165, 1.54) is 0 Å². The lowest BCUT2D eigenvalue weighted by molar-refractivity contribution is 0.102. The van der Waals surface area contributed by atoms with Gasteiger partial charge in [0.25, 0.3) is 5.91 Å². The molecule has 0 aliphatic heterocycles. The summed E-state index contributed by atoms with van der Waals surface area (Å²) in [5.41, 5.74) is 9.78. The lowest BCUT2D eigenvalue weighted by Gasteiger charge is -2.12. The first-order chi connectivity index (χ1) is 9.38. The number of carbonyl (C=O) groups is 1. The molecule has 0 saturated carbocycles. The summed E-state index contributed by atoms with van der Waals surface area (Å²) in [6.45, 7) is 3.87. The number of nitrogens with two attached hydrogens (primary N) is 1. The third kappa shape index (κ3) is 3.24. The van der Waals surface area contributed by atoms with Crippen molar-refractivity contribution in [3.05, 3.63) is 55.6 Å². The smallest absolute Gasteiger partial charge is 0.256 e. The largest absolute Gasteiger partial charge is 0.398 e. The summed E-state index contributed by atoms with van der Waals surface area (Å²) in [5.74, 6) is -0.191. The molecule has 0 unspecified atom stereocenters. The van der Waals surface area contributed by atoms with Gasteiger partial charge in [-0.25, -0.2) is 0 Å². The van der Waals surface area contributed by atoms with Crippen molar-refractivity contribution in [2.24, 2.45) is 0 Å². The van der Waals surface area contributed by atoms with Crippen LogP contribution in [0.4, 0.5) is 11.4 Å². The van der Waals surface area contributed by atoms with Crippen molar-refractivity contribution in [1.29, 1.82) is 0 Å². The highest BCUT2D eigenvalue weighted by molar-refractivity contribution is 14.1. The predicted molar refractivity (Wildman–Crippen MR) is 92.5 cm³/mol. The van der Waals surface area contributed by atoms with Crippen LogP contribution in [0.25, 0.3) is 0 Å². The van der Waals surface area contributed by atoms with Gasteiger partial charge in [0.2, 0.25) is 0 Å². The van der Waals surface area contributed by atoms with E-state index in [1.54, 1.807) is 18.2 Å². The molecular weight excluding hydrogens is 387 g/mol. The Labute approximate surface area is 136 Å². The van der Waals surface area contributed by atoms with Crippen molar-refractivity contribution >= 4 is 51.5 Å². The lowest BCUT2D eigenvalue weighted by atomic mass is 10.1. The van der Waals surface area contributed by atoms with E-state index in [9.17, 15) is 4.79 Å². The molecule has 5 heteroatoms. The predicted octanol–water partition coefficient (Wildman–Crippen LogP) is 4.40. The number of rotatable bonds is 2. The van der Waals surface area contributed by atoms with Crippen LogP contribution in [0, 0.1) is 17.4 Å². The normalized spacial score (nSPS) is 10.4. The van der Waals surface area contributed by atoms with Gasteiger partial charge in [-0.3, -0.25) is 4.79 Å². The molecule has 2 aromatic rings. The number of nitrogens with one attached hydrogen (secondary N) is 1. The van der Waals surface area contributed by atoms with Crippen LogP contribution < -0.4 is 11.1 Å². The highest BCUT2D eigenvalue weighted by atomic mass is 127. The Morgan fingerprint density at radius 2 is 1.90 bits per heavy atom. The lowest BCUT2D eigenvalue weighted by Crippen LogP contribution is -2.14. The van der Waals surface area contributed by atoms with Gasteiger partial charge in [-0.1, -0.05) is 17.7 Å². The van der Waals surface area contributed by atoms with Gasteiger partial charge >= 0.3 is 0 Å². The maximum atomic E-state index is 12.3. The minimum atomic E-state index is -0.191. The second kappa shape index (κ2) is 6.01. The van der Waals surface area contributed by atoms with E-state index in [0.29, 0.717) is 22.0 Å². The van der Waals surface area contributed by atoms with Crippen LogP contribution in [0.15, 0.2) is 30.3 Å². The highest BCUT2D eigenvalue weighted by Gasteiger charge is 2.12. The second-order valence-electron chi connectivity index (χ2n) is 4.60. The van der Waals surface area contributed by atoms with Gasteiger partial charge in [0.15, 0.2) is 0 Å². The van der Waals surface area contributed by atoms with E-state index < -0.39 is 0 Å². The van der Waals surface area contributed by atoms with E-state index in [2.05, 4.69) is 27.9 Å².